The van der Waals surface area contributed by atoms with Crippen LogP contribution in [-0.2, 0) is 0 Å². The molecule has 0 bridgehead atoms. The summed E-state index contributed by atoms with van der Waals surface area (Å²) < 4.78 is 31.7. The maximum Gasteiger partial charge on any atom is 0.129 e. The molecule has 0 aliphatic rings. The predicted molar refractivity (Wildman–Crippen MR) is 74.6 cm³/mol. The number of benzene rings is 2. The fourth-order valence-corrected chi connectivity index (χ4v) is 1.94. The molecule has 0 saturated heterocycles. The number of hydrogen-bond acceptors (Lipinski definition) is 2. The van der Waals surface area contributed by atoms with Crippen molar-refractivity contribution in [3.8, 4) is 5.75 Å². The van der Waals surface area contributed by atoms with E-state index in [0.717, 1.165) is 29.3 Å². The molecule has 0 aliphatic carbocycles. The Hall–Kier alpha value is -1.94. The molecule has 0 saturated carbocycles. The number of hydrogen-bond donors (Lipinski definition) is 1. The molecule has 0 fully saturated rings. The van der Waals surface area contributed by atoms with Crippen LogP contribution in [0.15, 0.2) is 42.5 Å². The fourth-order valence-electron chi connectivity index (χ4n) is 1.94. The molecule has 2 aromatic carbocycles. The summed E-state index contributed by atoms with van der Waals surface area (Å²) >= 11 is 0. The summed E-state index contributed by atoms with van der Waals surface area (Å²) in [6.45, 7) is 3.76. The number of nitrogens with two attached hydrogens (primary N) is 1. The van der Waals surface area contributed by atoms with Crippen molar-refractivity contribution in [3.05, 3.63) is 65.2 Å². The molecule has 2 nitrogen and oxygen atoms in total. The second-order valence-electron chi connectivity index (χ2n) is 4.86. The van der Waals surface area contributed by atoms with Gasteiger partial charge in [-0.1, -0.05) is 29.8 Å². The molecule has 0 aromatic heterocycles. The van der Waals surface area contributed by atoms with E-state index in [2.05, 4.69) is 0 Å². The highest BCUT2D eigenvalue weighted by Gasteiger charge is 2.17. The van der Waals surface area contributed by atoms with Crippen LogP contribution in [0.2, 0.25) is 0 Å². The lowest BCUT2D eigenvalue weighted by molar-refractivity contribution is 0.189. The standard InChI is InChI=1S/C16H17F2NO/c1-10-3-5-12(6-4-10)16(19)11(2)20-15-8-13(17)7-14(18)9-15/h3-9,11,16H,19H2,1-2H3. The van der Waals surface area contributed by atoms with Crippen molar-refractivity contribution in [2.24, 2.45) is 5.73 Å². The van der Waals surface area contributed by atoms with Crippen molar-refractivity contribution >= 4 is 0 Å². The van der Waals surface area contributed by atoms with Crippen molar-refractivity contribution in [1.29, 1.82) is 0 Å². The van der Waals surface area contributed by atoms with Gasteiger partial charge in [-0.25, -0.2) is 8.78 Å². The van der Waals surface area contributed by atoms with Gasteiger partial charge in [0.1, 0.15) is 23.5 Å². The Morgan fingerprint density at radius 3 is 2.10 bits per heavy atom. The van der Waals surface area contributed by atoms with E-state index in [-0.39, 0.29) is 11.8 Å². The van der Waals surface area contributed by atoms with Gasteiger partial charge in [-0.05, 0) is 19.4 Å². The number of aryl methyl sites for hydroxylation is 1. The van der Waals surface area contributed by atoms with E-state index in [0.29, 0.717) is 0 Å². The van der Waals surface area contributed by atoms with Crippen LogP contribution in [0.25, 0.3) is 0 Å². The smallest absolute Gasteiger partial charge is 0.129 e. The van der Waals surface area contributed by atoms with E-state index in [4.69, 9.17) is 10.5 Å². The first-order valence-corrected chi connectivity index (χ1v) is 6.40. The van der Waals surface area contributed by atoms with Crippen LogP contribution in [0.3, 0.4) is 0 Å². The number of rotatable bonds is 4. The summed E-state index contributed by atoms with van der Waals surface area (Å²) in [6.07, 6.45) is -0.404. The third-order valence-electron chi connectivity index (χ3n) is 3.13. The normalized spacial score (nSPS) is 13.8. The second kappa shape index (κ2) is 6.01. The summed E-state index contributed by atoms with van der Waals surface area (Å²) in [4.78, 5) is 0. The first-order valence-electron chi connectivity index (χ1n) is 6.40. The van der Waals surface area contributed by atoms with Crippen LogP contribution >= 0.6 is 0 Å². The molecule has 0 radical (unpaired) electrons. The van der Waals surface area contributed by atoms with E-state index in [1.54, 1.807) is 6.92 Å². The van der Waals surface area contributed by atoms with Gasteiger partial charge in [0.05, 0.1) is 6.04 Å². The summed E-state index contributed by atoms with van der Waals surface area (Å²) in [6, 6.07) is 10.5. The highest BCUT2D eigenvalue weighted by atomic mass is 19.1. The summed E-state index contributed by atoms with van der Waals surface area (Å²) in [7, 11) is 0. The second-order valence-corrected chi connectivity index (χ2v) is 4.86. The number of ether oxygens (including phenoxy) is 1. The molecule has 4 heteroatoms. The van der Waals surface area contributed by atoms with E-state index in [9.17, 15) is 8.78 Å². The van der Waals surface area contributed by atoms with E-state index in [1.807, 2.05) is 31.2 Å². The van der Waals surface area contributed by atoms with Gasteiger partial charge in [0, 0.05) is 18.2 Å². The number of halogens is 2. The minimum Gasteiger partial charge on any atom is -0.489 e. The van der Waals surface area contributed by atoms with Gasteiger partial charge < -0.3 is 10.5 Å². The molecular formula is C16H17F2NO. The summed E-state index contributed by atoms with van der Waals surface area (Å²) in [5.74, 6) is -1.20. The predicted octanol–water partition coefficient (Wildman–Crippen LogP) is 3.74. The van der Waals surface area contributed by atoms with Gasteiger partial charge in [0.15, 0.2) is 0 Å². The molecule has 2 aromatic rings. The van der Waals surface area contributed by atoms with Gasteiger partial charge >= 0.3 is 0 Å². The van der Waals surface area contributed by atoms with E-state index in [1.165, 1.54) is 0 Å². The van der Waals surface area contributed by atoms with E-state index >= 15 is 0 Å². The van der Waals surface area contributed by atoms with Crippen LogP contribution < -0.4 is 10.5 Å². The highest BCUT2D eigenvalue weighted by Crippen LogP contribution is 2.22. The average Bonchev–Trinajstić information content (AvgIpc) is 2.37. The van der Waals surface area contributed by atoms with Crippen molar-refractivity contribution in [2.75, 3.05) is 0 Å². The zero-order valence-electron chi connectivity index (χ0n) is 11.4. The minimum absolute atomic E-state index is 0.137. The molecule has 2 unspecified atom stereocenters. The van der Waals surface area contributed by atoms with Crippen molar-refractivity contribution in [1.82, 2.24) is 0 Å². The van der Waals surface area contributed by atoms with Gasteiger partial charge in [-0.15, -0.1) is 0 Å². The van der Waals surface area contributed by atoms with Gasteiger partial charge in [-0.2, -0.15) is 0 Å². The SMILES string of the molecule is Cc1ccc(C(N)C(C)Oc2cc(F)cc(F)c2)cc1. The van der Waals surface area contributed by atoms with Crippen molar-refractivity contribution in [2.45, 2.75) is 26.0 Å². The lowest BCUT2D eigenvalue weighted by Gasteiger charge is -2.22. The molecule has 0 spiro atoms. The Bertz CT molecular complexity index is 563. The molecule has 0 amide bonds. The Morgan fingerprint density at radius 1 is 1.00 bits per heavy atom. The Balaban J connectivity index is 2.10. The topological polar surface area (TPSA) is 35.2 Å². The van der Waals surface area contributed by atoms with Crippen molar-refractivity contribution in [3.63, 3.8) is 0 Å². The van der Waals surface area contributed by atoms with Gasteiger partial charge in [0.25, 0.3) is 0 Å². The van der Waals surface area contributed by atoms with E-state index < -0.39 is 17.7 Å². The maximum atomic E-state index is 13.1. The Labute approximate surface area is 117 Å². The molecule has 0 heterocycles. The zero-order valence-corrected chi connectivity index (χ0v) is 11.4. The molecule has 2 rings (SSSR count). The Morgan fingerprint density at radius 2 is 1.55 bits per heavy atom. The third kappa shape index (κ3) is 3.54. The van der Waals surface area contributed by atoms with Crippen LogP contribution in [-0.4, -0.2) is 6.10 Å². The lowest BCUT2D eigenvalue weighted by atomic mass is 10.0. The molecule has 2 atom stereocenters. The van der Waals surface area contributed by atoms with Crippen LogP contribution in [0.5, 0.6) is 5.75 Å². The fraction of sp³-hybridized carbons (Fsp3) is 0.250. The highest BCUT2D eigenvalue weighted by molar-refractivity contribution is 5.27. The quantitative estimate of drug-likeness (QED) is 0.924. The van der Waals surface area contributed by atoms with Crippen LogP contribution in [0.1, 0.15) is 24.1 Å². The minimum atomic E-state index is -0.670. The molecule has 106 valence electrons. The molecule has 0 aliphatic heterocycles. The first kappa shape index (κ1) is 14.5. The lowest BCUT2D eigenvalue weighted by Crippen LogP contribution is -2.28. The largest absolute Gasteiger partial charge is 0.489 e. The zero-order chi connectivity index (χ0) is 14.7. The third-order valence-corrected chi connectivity index (χ3v) is 3.13. The first-order chi connectivity index (χ1) is 9.45. The summed E-state index contributed by atoms with van der Waals surface area (Å²) in [5, 5.41) is 0. The summed E-state index contributed by atoms with van der Waals surface area (Å²) in [5.41, 5.74) is 8.16. The molecular weight excluding hydrogens is 260 g/mol. The molecule has 20 heavy (non-hydrogen) atoms. The van der Waals surface area contributed by atoms with Crippen molar-refractivity contribution < 1.29 is 13.5 Å². The molecule has 2 N–H and O–H groups in total. The monoisotopic (exact) mass is 277 g/mol. The van der Waals surface area contributed by atoms with Gasteiger partial charge in [-0.3, -0.25) is 0 Å². The van der Waals surface area contributed by atoms with Crippen LogP contribution in [0.4, 0.5) is 8.78 Å². The maximum absolute atomic E-state index is 13.1. The Kier molecular flexibility index (Phi) is 4.35. The average molecular weight is 277 g/mol. The van der Waals surface area contributed by atoms with Gasteiger partial charge in [0.2, 0.25) is 0 Å². The van der Waals surface area contributed by atoms with Crippen LogP contribution in [0, 0.1) is 18.6 Å².